The van der Waals surface area contributed by atoms with E-state index >= 15 is 0 Å². The largest absolute Gasteiger partial charge is 0.450 e. The molecule has 0 aliphatic carbocycles. The Balaban J connectivity index is 0.000000221. The molecule has 3 heterocycles. The number of carbonyl (C=O) groups is 7. The van der Waals surface area contributed by atoms with Gasteiger partial charge in [-0.2, -0.15) is 0 Å². The number of rotatable bonds is 17. The molecule has 2 saturated heterocycles. The van der Waals surface area contributed by atoms with Crippen molar-refractivity contribution in [2.75, 3.05) is 26.4 Å². The predicted molar refractivity (Wildman–Crippen MR) is 412 cm³/mol. The summed E-state index contributed by atoms with van der Waals surface area (Å²) >= 11 is 0. The number of nitrogens with one attached hydrogen (secondary N) is 1. The topological polar surface area (TPSA) is 267 Å². The Morgan fingerprint density at radius 3 is 0.971 bits per heavy atom. The van der Waals surface area contributed by atoms with Crippen LogP contribution in [0.1, 0.15) is 132 Å². The minimum absolute atomic E-state index is 0.0988. The Morgan fingerprint density at radius 2 is 0.676 bits per heavy atom. The number of alkyl carbamates (subject to hydrolysis) is 1. The molecule has 0 unspecified atom stereocenters. The van der Waals surface area contributed by atoms with Gasteiger partial charge in [-0.25, -0.2) is 33.9 Å². The van der Waals surface area contributed by atoms with Crippen LogP contribution in [0.15, 0.2) is 194 Å². The molecule has 0 aromatic heterocycles. The third kappa shape index (κ3) is 19.4. The average molecular weight is 1490 g/mol. The van der Waals surface area contributed by atoms with Gasteiger partial charge in [0.15, 0.2) is 12.2 Å². The summed E-state index contributed by atoms with van der Waals surface area (Å²) in [7, 11) is -8.83. The first kappa shape index (κ1) is 83.8. The molecular weight excluding hydrogens is 1390 g/mol. The highest BCUT2D eigenvalue weighted by atomic mass is 28.4. The normalized spacial score (nSPS) is 19.6. The number of ether oxygens (including phenoxy) is 4. The van der Waals surface area contributed by atoms with E-state index in [1.165, 1.54) is 6.08 Å². The highest BCUT2D eigenvalue weighted by Crippen LogP contribution is 2.41. The van der Waals surface area contributed by atoms with Crippen molar-refractivity contribution < 1.29 is 81.1 Å². The number of imide groups is 3. The van der Waals surface area contributed by atoms with Gasteiger partial charge in [0.05, 0.1) is 50.6 Å². The summed E-state index contributed by atoms with van der Waals surface area (Å²) in [5.41, 5.74) is -2.43. The summed E-state index contributed by atoms with van der Waals surface area (Å²) in [6.07, 6.45) is -5.04. The van der Waals surface area contributed by atoms with Crippen LogP contribution in [-0.4, -0.2) is 183 Å². The SMILES string of the molecule is CC(C)(C)OC(=O)N1C(=O)C=C[C@H]1CO[Si](c1ccccc1)(c1ccccc1)C(C)(C)C.CC(C)(C)OC(=O)N1C(=O)[C@H](O)[C@H](O)[C@H]1CO[Si](c1ccccc1)(c1ccccc1)C(C)(C)C.CCOC(=O)N[C@@H]1[C@@H](CO[Si](c2ccccc2)(c2ccccc2)C(C)(C)C)N(C(=O)OC(C)(C)C)C(=O)[C@@H]1O. The van der Waals surface area contributed by atoms with Gasteiger partial charge in [0.25, 0.3) is 42.7 Å². The Morgan fingerprint density at radius 1 is 0.400 bits per heavy atom. The second-order valence-corrected chi connectivity index (χ2v) is 45.2. The van der Waals surface area contributed by atoms with Gasteiger partial charge in [-0.1, -0.05) is 250 Å². The summed E-state index contributed by atoms with van der Waals surface area (Å²) in [5.74, 6) is -2.14. The summed E-state index contributed by atoms with van der Waals surface area (Å²) < 4.78 is 42.0. The molecule has 0 saturated carbocycles. The van der Waals surface area contributed by atoms with Gasteiger partial charge in [-0.15, -0.1) is 0 Å². The van der Waals surface area contributed by atoms with Crippen molar-refractivity contribution in [3.05, 3.63) is 194 Å². The van der Waals surface area contributed by atoms with Gasteiger partial charge >= 0.3 is 24.4 Å². The molecule has 4 N–H and O–H groups in total. The Labute approximate surface area is 622 Å². The van der Waals surface area contributed by atoms with Crippen molar-refractivity contribution in [3.8, 4) is 0 Å². The quantitative estimate of drug-likeness (QED) is 0.0489. The molecule has 9 rings (SSSR count). The van der Waals surface area contributed by atoms with Crippen molar-refractivity contribution >= 4 is 98.2 Å². The number of nitrogens with zero attached hydrogens (tertiary/aromatic N) is 3. The van der Waals surface area contributed by atoms with Gasteiger partial charge in [0, 0.05) is 6.08 Å². The van der Waals surface area contributed by atoms with E-state index in [1.807, 2.05) is 158 Å². The van der Waals surface area contributed by atoms with E-state index in [-0.39, 0.29) is 47.4 Å². The van der Waals surface area contributed by atoms with Crippen LogP contribution in [-0.2, 0) is 46.6 Å². The average Bonchev–Trinajstić information content (AvgIpc) is 1.18. The lowest BCUT2D eigenvalue weighted by molar-refractivity contribution is -0.136. The number of likely N-dealkylation sites (tertiary alicyclic amines) is 2. The first-order chi connectivity index (χ1) is 49.0. The van der Waals surface area contributed by atoms with Crippen molar-refractivity contribution in [1.82, 2.24) is 20.0 Å². The molecule has 6 aromatic carbocycles. The number of benzene rings is 6. The highest BCUT2D eigenvalue weighted by Gasteiger charge is 2.58. The lowest BCUT2D eigenvalue weighted by atomic mass is 10.1. The van der Waals surface area contributed by atoms with Crippen molar-refractivity contribution in [2.24, 2.45) is 0 Å². The Bertz CT molecular complexity index is 3810. The molecular formula is C81H108N4O17Si3. The van der Waals surface area contributed by atoms with Crippen LogP contribution in [0.4, 0.5) is 19.2 Å². The monoisotopic (exact) mass is 1490 g/mol. The minimum atomic E-state index is -3.07. The lowest BCUT2D eigenvalue weighted by Crippen LogP contribution is -2.68. The fourth-order valence-electron chi connectivity index (χ4n) is 13.7. The number of amides is 7. The number of aliphatic hydroxyl groups is 3. The van der Waals surface area contributed by atoms with E-state index in [0.717, 1.165) is 45.8 Å². The van der Waals surface area contributed by atoms with E-state index in [4.69, 9.17) is 32.2 Å². The van der Waals surface area contributed by atoms with Crippen LogP contribution in [0, 0.1) is 0 Å². The van der Waals surface area contributed by atoms with Crippen molar-refractivity contribution in [1.29, 1.82) is 0 Å². The third-order valence-corrected chi connectivity index (χ3v) is 33.2. The highest BCUT2D eigenvalue weighted by molar-refractivity contribution is 7.00. The maximum absolute atomic E-state index is 13.2. The van der Waals surface area contributed by atoms with Crippen LogP contribution < -0.4 is 36.4 Å². The van der Waals surface area contributed by atoms with E-state index in [9.17, 15) is 48.9 Å². The van der Waals surface area contributed by atoms with Gasteiger partial charge < -0.3 is 52.9 Å². The molecule has 3 aliphatic heterocycles. The Hall–Kier alpha value is -8.44. The zero-order valence-corrected chi connectivity index (χ0v) is 67.2. The molecule has 0 radical (unpaired) electrons. The van der Waals surface area contributed by atoms with Crippen LogP contribution in [0.3, 0.4) is 0 Å². The van der Waals surface area contributed by atoms with E-state index in [2.05, 4.69) is 91.9 Å². The first-order valence-electron chi connectivity index (χ1n) is 35.6. The minimum Gasteiger partial charge on any atom is -0.450 e. The number of aliphatic hydroxyl groups excluding tert-OH is 3. The molecule has 3 aliphatic rings. The van der Waals surface area contributed by atoms with Gasteiger partial charge in [-0.05, 0) is 115 Å². The second kappa shape index (κ2) is 34.0. The Kier molecular flexibility index (Phi) is 27.1. The molecule has 7 amide bonds. The van der Waals surface area contributed by atoms with Crippen LogP contribution >= 0.6 is 0 Å². The maximum Gasteiger partial charge on any atom is 0.417 e. The van der Waals surface area contributed by atoms with Crippen LogP contribution in [0.25, 0.3) is 0 Å². The number of hydrogen-bond acceptors (Lipinski definition) is 17. The van der Waals surface area contributed by atoms with Gasteiger partial charge in [0.1, 0.15) is 22.9 Å². The first-order valence-corrected chi connectivity index (χ1v) is 41.3. The fraction of sp³-hybridized carbons (Fsp3) is 0.444. The van der Waals surface area contributed by atoms with E-state index < -0.39 is 120 Å². The number of hydrogen-bond donors (Lipinski definition) is 4. The summed E-state index contributed by atoms with van der Waals surface area (Å²) in [5, 5.41) is 39.9. The lowest BCUT2D eigenvalue weighted by Gasteiger charge is -2.44. The van der Waals surface area contributed by atoms with E-state index in [1.54, 1.807) is 75.3 Å². The van der Waals surface area contributed by atoms with Crippen LogP contribution in [0.2, 0.25) is 15.1 Å². The molecule has 0 bridgehead atoms. The van der Waals surface area contributed by atoms with Crippen molar-refractivity contribution in [3.63, 3.8) is 0 Å². The smallest absolute Gasteiger partial charge is 0.417 e. The zero-order chi connectivity index (χ0) is 77.9. The second-order valence-electron chi connectivity index (χ2n) is 32.3. The zero-order valence-electron chi connectivity index (χ0n) is 64.2. The molecule has 2 fully saturated rings. The van der Waals surface area contributed by atoms with Crippen LogP contribution in [0.5, 0.6) is 0 Å². The van der Waals surface area contributed by atoms with Crippen molar-refractivity contribution in [2.45, 2.75) is 206 Å². The van der Waals surface area contributed by atoms with Gasteiger partial charge in [0.2, 0.25) is 0 Å². The molecule has 0 spiro atoms. The third-order valence-electron chi connectivity index (χ3n) is 18.1. The fourth-order valence-corrected chi connectivity index (χ4v) is 27.4. The summed E-state index contributed by atoms with van der Waals surface area (Å²) in [6.45, 7) is 36.3. The predicted octanol–water partition coefficient (Wildman–Crippen LogP) is 9.88. The van der Waals surface area contributed by atoms with Gasteiger partial charge in [-0.3, -0.25) is 14.4 Å². The summed E-state index contributed by atoms with van der Waals surface area (Å²) in [6, 6.07) is 56.4. The number of carbonyl (C=O) groups excluding carboxylic acids is 7. The molecule has 24 heteroatoms. The molecule has 7 atom stereocenters. The molecule has 566 valence electrons. The standard InChI is InChI=1S/C29H40N2O7Si.C26H35NO6Si.C26H33NO4Si/c1-8-36-26(34)30-23-22(31(25(33)24(23)32)27(35)38-28(2,3)4)19-37-39(29(5,6)7,20-15-11-9-12-16-20)21-17-13-10-14-18-21;1-25(2,3)33-24(31)27-20(21(28)22(29)23(27)30)17-32-34(26(4,5)6,18-13-9-7-10-14-18)19-15-11-8-12-16-19;1-25(2,3)31-24(29)27-20(17-18-23(27)28)19-30-32(26(4,5)6,21-13-9-7-10-14-21)22-15-11-8-12-16-22/h9-18,22-24,32H,8,19H2,1-7H3,(H,30,34);7-16,20-22,28-29H,17H2,1-6H3;7-18,20H,19H2,1-6H3/t22-,23-,24-;20-,21-,22-;20-/m110/s1. The maximum atomic E-state index is 13.2. The molecule has 105 heavy (non-hydrogen) atoms. The molecule has 6 aromatic rings. The van der Waals surface area contributed by atoms with E-state index in [0.29, 0.717) is 0 Å². The summed E-state index contributed by atoms with van der Waals surface area (Å²) in [4.78, 5) is 92.4. The molecule has 21 nitrogen and oxygen atoms in total.